The summed E-state index contributed by atoms with van der Waals surface area (Å²) >= 11 is 0. The molecule has 3 aromatic carbocycles. The van der Waals surface area contributed by atoms with Crippen LogP contribution in [0.5, 0.6) is 0 Å². The molecule has 3 aromatic rings. The number of amides is 1. The van der Waals surface area contributed by atoms with E-state index in [4.69, 9.17) is 4.74 Å². The first-order valence-electron chi connectivity index (χ1n) is 11.1. The van der Waals surface area contributed by atoms with Crippen molar-refractivity contribution in [2.24, 2.45) is 0 Å². The number of carbonyl (C=O) groups excluding carboxylic acids is 2. The van der Waals surface area contributed by atoms with Gasteiger partial charge in [-0.2, -0.15) is 4.72 Å². The van der Waals surface area contributed by atoms with E-state index in [9.17, 15) is 18.0 Å². The smallest absolute Gasteiger partial charge is 0.338 e. The minimum absolute atomic E-state index is 0.0757. The first-order valence-corrected chi connectivity index (χ1v) is 12.6. The monoisotopic (exact) mass is 480 g/mol. The zero-order valence-electron chi connectivity index (χ0n) is 18.9. The second kappa shape index (κ2) is 12.1. The van der Waals surface area contributed by atoms with Gasteiger partial charge < -0.3 is 10.1 Å². The zero-order valence-corrected chi connectivity index (χ0v) is 19.8. The van der Waals surface area contributed by atoms with Crippen molar-refractivity contribution in [3.63, 3.8) is 0 Å². The van der Waals surface area contributed by atoms with Gasteiger partial charge in [-0.15, -0.1) is 0 Å². The summed E-state index contributed by atoms with van der Waals surface area (Å²) in [4.78, 5) is 25.2. The maximum atomic E-state index is 13.1. The van der Waals surface area contributed by atoms with Crippen molar-refractivity contribution in [3.05, 3.63) is 96.1 Å². The lowest BCUT2D eigenvalue weighted by Crippen LogP contribution is -2.45. The molecular formula is C26H28N2O5S. The van der Waals surface area contributed by atoms with Crippen LogP contribution in [0.15, 0.2) is 89.8 Å². The van der Waals surface area contributed by atoms with Crippen molar-refractivity contribution >= 4 is 27.6 Å². The van der Waals surface area contributed by atoms with E-state index in [0.29, 0.717) is 17.9 Å². The predicted octanol–water partition coefficient (Wildman–Crippen LogP) is 4.17. The van der Waals surface area contributed by atoms with Crippen molar-refractivity contribution in [1.29, 1.82) is 0 Å². The van der Waals surface area contributed by atoms with Gasteiger partial charge in [0.1, 0.15) is 6.04 Å². The number of ether oxygens (including phenoxy) is 1. The lowest BCUT2D eigenvalue weighted by molar-refractivity contribution is -0.117. The van der Waals surface area contributed by atoms with Crippen molar-refractivity contribution in [3.8, 4) is 0 Å². The van der Waals surface area contributed by atoms with Gasteiger partial charge in [0, 0.05) is 5.69 Å². The first kappa shape index (κ1) is 25.1. The van der Waals surface area contributed by atoms with Crippen LogP contribution in [0.25, 0.3) is 0 Å². The van der Waals surface area contributed by atoms with Gasteiger partial charge in [-0.05, 0) is 54.8 Å². The average Bonchev–Trinajstić information content (AvgIpc) is 2.85. The van der Waals surface area contributed by atoms with Gasteiger partial charge in [0.25, 0.3) is 0 Å². The van der Waals surface area contributed by atoms with Gasteiger partial charge in [0.05, 0.1) is 17.1 Å². The summed E-state index contributed by atoms with van der Waals surface area (Å²) in [5, 5.41) is 2.74. The SMILES string of the molecule is CCCCOC(=O)c1ccc(NC(=O)[C@H](Cc2ccccc2)NS(=O)(=O)c2ccccc2)cc1. The van der Waals surface area contributed by atoms with Crippen LogP contribution in [0.4, 0.5) is 5.69 Å². The van der Waals surface area contributed by atoms with Crippen LogP contribution in [0.3, 0.4) is 0 Å². The molecule has 0 spiro atoms. The summed E-state index contributed by atoms with van der Waals surface area (Å²) in [5.41, 5.74) is 1.62. The van der Waals surface area contributed by atoms with Crippen LogP contribution in [-0.2, 0) is 26.0 Å². The number of rotatable bonds is 11. The number of unbranched alkanes of at least 4 members (excludes halogenated alkanes) is 1. The molecule has 0 aliphatic heterocycles. The number of anilines is 1. The summed E-state index contributed by atoms with van der Waals surface area (Å²) in [6, 6.07) is 22.3. The maximum absolute atomic E-state index is 13.1. The van der Waals surface area contributed by atoms with Crippen LogP contribution in [0, 0.1) is 0 Å². The molecule has 0 aromatic heterocycles. The Balaban J connectivity index is 1.74. The average molecular weight is 481 g/mol. The summed E-state index contributed by atoms with van der Waals surface area (Å²) in [6.45, 7) is 2.37. The van der Waals surface area contributed by atoms with Crippen LogP contribution < -0.4 is 10.0 Å². The van der Waals surface area contributed by atoms with Crippen LogP contribution in [-0.4, -0.2) is 32.9 Å². The summed E-state index contributed by atoms with van der Waals surface area (Å²) in [6.07, 6.45) is 1.89. The third kappa shape index (κ3) is 7.26. The molecule has 0 unspecified atom stereocenters. The molecule has 0 saturated carbocycles. The number of hydrogen-bond acceptors (Lipinski definition) is 5. The van der Waals surface area contributed by atoms with Crippen molar-refractivity contribution in [1.82, 2.24) is 4.72 Å². The second-order valence-electron chi connectivity index (χ2n) is 7.73. The fraction of sp³-hybridized carbons (Fsp3) is 0.231. The Kier molecular flexibility index (Phi) is 8.95. The lowest BCUT2D eigenvalue weighted by Gasteiger charge is -2.19. The molecule has 0 bridgehead atoms. The Labute approximate surface area is 200 Å². The number of nitrogens with one attached hydrogen (secondary N) is 2. The fourth-order valence-electron chi connectivity index (χ4n) is 3.20. The molecule has 0 radical (unpaired) electrons. The second-order valence-corrected chi connectivity index (χ2v) is 9.45. The van der Waals surface area contributed by atoms with Gasteiger partial charge in [0.2, 0.25) is 15.9 Å². The largest absolute Gasteiger partial charge is 0.462 e. The van der Waals surface area contributed by atoms with Crippen molar-refractivity contribution in [2.45, 2.75) is 37.1 Å². The van der Waals surface area contributed by atoms with E-state index in [1.807, 2.05) is 37.3 Å². The molecule has 0 heterocycles. The molecule has 0 saturated heterocycles. The van der Waals surface area contributed by atoms with E-state index in [-0.39, 0.29) is 11.3 Å². The number of sulfonamides is 1. The molecule has 1 atom stereocenters. The number of benzene rings is 3. The molecule has 8 heteroatoms. The highest BCUT2D eigenvalue weighted by Gasteiger charge is 2.26. The van der Waals surface area contributed by atoms with E-state index >= 15 is 0 Å². The highest BCUT2D eigenvalue weighted by molar-refractivity contribution is 7.89. The zero-order chi connectivity index (χ0) is 24.4. The van der Waals surface area contributed by atoms with Crippen LogP contribution >= 0.6 is 0 Å². The molecule has 2 N–H and O–H groups in total. The lowest BCUT2D eigenvalue weighted by atomic mass is 10.1. The normalized spacial score (nSPS) is 12.0. The number of carbonyl (C=O) groups is 2. The van der Waals surface area contributed by atoms with Crippen LogP contribution in [0.2, 0.25) is 0 Å². The topological polar surface area (TPSA) is 102 Å². The molecule has 1 amide bonds. The Morgan fingerprint density at radius 3 is 2.12 bits per heavy atom. The Morgan fingerprint density at radius 2 is 1.50 bits per heavy atom. The summed E-state index contributed by atoms with van der Waals surface area (Å²) in [7, 11) is -3.92. The molecule has 178 valence electrons. The molecule has 34 heavy (non-hydrogen) atoms. The first-order chi connectivity index (χ1) is 16.4. The maximum Gasteiger partial charge on any atom is 0.338 e. The third-order valence-electron chi connectivity index (χ3n) is 5.07. The van der Waals surface area contributed by atoms with E-state index in [0.717, 1.165) is 18.4 Å². The van der Waals surface area contributed by atoms with Gasteiger partial charge in [0.15, 0.2) is 0 Å². The standard InChI is InChI=1S/C26H28N2O5S/c1-2-3-18-33-26(30)21-14-16-22(17-15-21)27-25(29)24(19-20-10-6-4-7-11-20)28-34(31,32)23-12-8-5-9-13-23/h4-17,24,28H,2-3,18-19H2,1H3,(H,27,29)/t24-/m0/s1. The molecule has 3 rings (SSSR count). The molecule has 0 aliphatic carbocycles. The van der Waals surface area contributed by atoms with Gasteiger partial charge in [-0.1, -0.05) is 61.9 Å². The van der Waals surface area contributed by atoms with Gasteiger partial charge in [-0.25, -0.2) is 13.2 Å². The minimum atomic E-state index is -3.92. The minimum Gasteiger partial charge on any atom is -0.462 e. The van der Waals surface area contributed by atoms with Gasteiger partial charge in [-0.3, -0.25) is 4.79 Å². The molecular weight excluding hydrogens is 452 g/mol. The van der Waals surface area contributed by atoms with E-state index < -0.39 is 27.9 Å². The van der Waals surface area contributed by atoms with Crippen LogP contribution in [0.1, 0.15) is 35.7 Å². The van der Waals surface area contributed by atoms with Crippen molar-refractivity contribution in [2.75, 3.05) is 11.9 Å². The Bertz CT molecular complexity index is 1180. The Morgan fingerprint density at radius 1 is 0.882 bits per heavy atom. The van der Waals surface area contributed by atoms with E-state index in [1.165, 1.54) is 12.1 Å². The van der Waals surface area contributed by atoms with Gasteiger partial charge >= 0.3 is 5.97 Å². The Hall–Kier alpha value is -3.49. The summed E-state index contributed by atoms with van der Waals surface area (Å²) < 4.78 is 33.5. The quantitative estimate of drug-likeness (QED) is 0.317. The predicted molar refractivity (Wildman–Crippen MR) is 131 cm³/mol. The molecule has 7 nitrogen and oxygen atoms in total. The highest BCUT2D eigenvalue weighted by Crippen LogP contribution is 2.15. The van der Waals surface area contributed by atoms with E-state index in [2.05, 4.69) is 10.0 Å². The van der Waals surface area contributed by atoms with Crippen molar-refractivity contribution < 1.29 is 22.7 Å². The summed E-state index contributed by atoms with van der Waals surface area (Å²) in [5.74, 6) is -0.939. The highest BCUT2D eigenvalue weighted by atomic mass is 32.2. The molecule has 0 fully saturated rings. The number of hydrogen-bond donors (Lipinski definition) is 2. The van der Waals surface area contributed by atoms with E-state index in [1.54, 1.807) is 42.5 Å². The third-order valence-corrected chi connectivity index (χ3v) is 6.56. The fourth-order valence-corrected chi connectivity index (χ4v) is 4.42. The molecule has 0 aliphatic rings. The number of esters is 1.